The molecule has 1 aromatic carbocycles. The maximum Gasteiger partial charge on any atom is 0.313 e. The lowest BCUT2D eigenvalue weighted by Crippen LogP contribution is -2.49. The van der Waals surface area contributed by atoms with Gasteiger partial charge in [-0.2, -0.15) is 0 Å². The van der Waals surface area contributed by atoms with E-state index >= 15 is 0 Å². The molecule has 156 valence electrons. The Hall–Kier alpha value is -2.78. The van der Waals surface area contributed by atoms with Gasteiger partial charge in [0.05, 0.1) is 6.04 Å². The van der Waals surface area contributed by atoms with Gasteiger partial charge in [-0.05, 0) is 31.3 Å². The van der Waals surface area contributed by atoms with Gasteiger partial charge in [-0.25, -0.2) is 8.78 Å². The highest BCUT2D eigenvalue weighted by atomic mass is 19.2. The smallest absolute Gasteiger partial charge is 0.313 e. The average molecular weight is 405 g/mol. The Balaban J connectivity index is 1.63. The molecule has 1 aliphatic heterocycles. The third-order valence-corrected chi connectivity index (χ3v) is 5.14. The lowest BCUT2D eigenvalue weighted by Gasteiger charge is -2.38. The molecule has 2 amide bonds. The van der Waals surface area contributed by atoms with Crippen molar-refractivity contribution in [2.24, 2.45) is 7.05 Å². The number of piperazine rings is 1. The van der Waals surface area contributed by atoms with E-state index in [4.69, 9.17) is 0 Å². The van der Waals surface area contributed by atoms with Crippen molar-refractivity contribution in [3.8, 4) is 0 Å². The molecule has 0 bridgehead atoms. The maximum absolute atomic E-state index is 13.3. The van der Waals surface area contributed by atoms with E-state index in [9.17, 15) is 18.4 Å². The van der Waals surface area contributed by atoms with Gasteiger partial charge in [0.15, 0.2) is 11.6 Å². The van der Waals surface area contributed by atoms with Crippen molar-refractivity contribution in [3.63, 3.8) is 0 Å². The fourth-order valence-corrected chi connectivity index (χ4v) is 3.41. The van der Waals surface area contributed by atoms with Crippen molar-refractivity contribution in [2.75, 3.05) is 45.1 Å². The molecule has 1 aliphatic rings. The van der Waals surface area contributed by atoms with Crippen LogP contribution >= 0.6 is 0 Å². The summed E-state index contributed by atoms with van der Waals surface area (Å²) in [6.07, 6.45) is 1.94. The molecule has 29 heavy (non-hydrogen) atoms. The Bertz CT molecular complexity index is 878. The lowest BCUT2D eigenvalue weighted by atomic mass is 10.1. The summed E-state index contributed by atoms with van der Waals surface area (Å²) < 4.78 is 28.3. The van der Waals surface area contributed by atoms with Gasteiger partial charge in [-0.15, -0.1) is 0 Å². The van der Waals surface area contributed by atoms with Crippen LogP contribution in [0, 0.1) is 11.6 Å². The summed E-state index contributed by atoms with van der Waals surface area (Å²) in [6, 6.07) is 6.77. The highest BCUT2D eigenvalue weighted by Crippen LogP contribution is 2.21. The molecule has 0 spiro atoms. The quantitative estimate of drug-likeness (QED) is 0.737. The van der Waals surface area contributed by atoms with Crippen LogP contribution in [0.5, 0.6) is 0 Å². The second-order valence-electron chi connectivity index (χ2n) is 7.19. The summed E-state index contributed by atoms with van der Waals surface area (Å²) in [7, 11) is 4.01. The highest BCUT2D eigenvalue weighted by Gasteiger charge is 2.27. The number of nitrogens with zero attached hydrogens (tertiary/aromatic N) is 3. The first kappa shape index (κ1) is 20.9. The Labute approximate surface area is 168 Å². The molecule has 1 unspecified atom stereocenters. The molecule has 0 radical (unpaired) electrons. The number of aryl methyl sites for hydroxylation is 1. The van der Waals surface area contributed by atoms with Crippen molar-refractivity contribution < 1.29 is 18.4 Å². The number of hydrogen-bond donors (Lipinski definition) is 2. The summed E-state index contributed by atoms with van der Waals surface area (Å²) in [6.45, 7) is 3.80. The minimum atomic E-state index is -1.10. The molecule has 0 aliphatic carbocycles. The van der Waals surface area contributed by atoms with E-state index in [1.54, 1.807) is 0 Å². The number of nitrogens with one attached hydrogen (secondary N) is 2. The summed E-state index contributed by atoms with van der Waals surface area (Å²) in [5, 5.41) is 4.95. The van der Waals surface area contributed by atoms with Crippen LogP contribution in [-0.2, 0) is 16.6 Å². The number of carbonyl (C=O) groups is 2. The van der Waals surface area contributed by atoms with E-state index in [1.807, 2.05) is 29.9 Å². The summed E-state index contributed by atoms with van der Waals surface area (Å²) in [5.41, 5.74) is 1.05. The number of rotatable bonds is 5. The number of amides is 2. The molecule has 3 rings (SSSR count). The van der Waals surface area contributed by atoms with Gasteiger partial charge in [0.25, 0.3) is 0 Å². The molecular formula is C20H25F2N5O2. The normalized spacial score (nSPS) is 16.4. The predicted octanol–water partition coefficient (Wildman–Crippen LogP) is 1.35. The first-order valence-corrected chi connectivity index (χ1v) is 9.43. The molecule has 1 aromatic heterocycles. The van der Waals surface area contributed by atoms with Crippen LogP contribution in [0.3, 0.4) is 0 Å². The molecule has 7 nitrogen and oxygen atoms in total. The molecule has 0 saturated carbocycles. The van der Waals surface area contributed by atoms with E-state index in [-0.39, 0.29) is 18.3 Å². The number of anilines is 1. The third-order valence-electron chi connectivity index (χ3n) is 5.14. The Morgan fingerprint density at radius 1 is 1.03 bits per heavy atom. The number of hydrogen-bond acceptors (Lipinski definition) is 4. The molecule has 9 heteroatoms. The van der Waals surface area contributed by atoms with Crippen LogP contribution in [0.1, 0.15) is 11.7 Å². The standard InChI is InChI=1S/C20H25F2N5O2/c1-25-8-10-27(11-9-25)18(17-4-3-7-26(17)2)13-23-19(28)20(29)24-14-5-6-15(21)16(22)12-14/h3-7,12,18H,8-11,13H2,1-2H3,(H,23,28)(H,24,29). The second kappa shape index (κ2) is 9.15. The zero-order chi connectivity index (χ0) is 21.0. The van der Waals surface area contributed by atoms with Crippen LogP contribution in [-0.4, -0.2) is 66.0 Å². The van der Waals surface area contributed by atoms with Crippen LogP contribution < -0.4 is 10.6 Å². The van der Waals surface area contributed by atoms with Gasteiger partial charge in [0.1, 0.15) is 0 Å². The van der Waals surface area contributed by atoms with E-state index in [2.05, 4.69) is 27.5 Å². The van der Waals surface area contributed by atoms with Gasteiger partial charge < -0.3 is 20.1 Å². The van der Waals surface area contributed by atoms with Crippen LogP contribution in [0.2, 0.25) is 0 Å². The number of carbonyl (C=O) groups excluding carboxylic acids is 2. The zero-order valence-corrected chi connectivity index (χ0v) is 16.5. The van der Waals surface area contributed by atoms with Gasteiger partial charge in [-0.3, -0.25) is 14.5 Å². The summed E-state index contributed by atoms with van der Waals surface area (Å²) in [5.74, 6) is -3.88. The second-order valence-corrected chi connectivity index (χ2v) is 7.19. The molecule has 1 atom stereocenters. The van der Waals surface area contributed by atoms with Gasteiger partial charge in [0, 0.05) is 63.4 Å². The Morgan fingerprint density at radius 2 is 1.76 bits per heavy atom. The maximum atomic E-state index is 13.3. The van der Waals surface area contributed by atoms with E-state index in [0.717, 1.165) is 44.0 Å². The fourth-order valence-electron chi connectivity index (χ4n) is 3.41. The molecule has 2 N–H and O–H groups in total. The van der Waals surface area contributed by atoms with Crippen molar-refractivity contribution >= 4 is 17.5 Å². The highest BCUT2D eigenvalue weighted by molar-refractivity contribution is 6.39. The zero-order valence-electron chi connectivity index (χ0n) is 16.5. The van der Waals surface area contributed by atoms with Gasteiger partial charge in [0.2, 0.25) is 0 Å². The SMILES string of the molecule is CN1CCN(C(CNC(=O)C(=O)Nc2ccc(F)c(F)c2)c2cccn2C)CC1. The minimum absolute atomic E-state index is 0.0158. The van der Waals surface area contributed by atoms with Crippen molar-refractivity contribution in [1.82, 2.24) is 19.7 Å². The number of likely N-dealkylation sites (N-methyl/N-ethyl adjacent to an activating group) is 1. The molecular weight excluding hydrogens is 380 g/mol. The monoisotopic (exact) mass is 405 g/mol. The van der Waals surface area contributed by atoms with Gasteiger partial charge in [-0.1, -0.05) is 0 Å². The predicted molar refractivity (Wildman–Crippen MR) is 105 cm³/mol. The van der Waals surface area contributed by atoms with Gasteiger partial charge >= 0.3 is 11.8 Å². The van der Waals surface area contributed by atoms with E-state index in [0.29, 0.717) is 0 Å². The number of benzene rings is 1. The topological polar surface area (TPSA) is 69.6 Å². The molecule has 2 heterocycles. The molecule has 1 fully saturated rings. The molecule has 1 saturated heterocycles. The van der Waals surface area contributed by atoms with E-state index in [1.165, 1.54) is 6.07 Å². The largest absolute Gasteiger partial charge is 0.353 e. The Morgan fingerprint density at radius 3 is 2.38 bits per heavy atom. The van der Waals surface area contributed by atoms with Crippen LogP contribution in [0.25, 0.3) is 0 Å². The van der Waals surface area contributed by atoms with Crippen LogP contribution in [0.15, 0.2) is 36.5 Å². The first-order chi connectivity index (χ1) is 13.8. The number of halogens is 2. The lowest BCUT2D eigenvalue weighted by molar-refractivity contribution is -0.136. The minimum Gasteiger partial charge on any atom is -0.353 e. The Kier molecular flexibility index (Phi) is 6.60. The summed E-state index contributed by atoms with van der Waals surface area (Å²) in [4.78, 5) is 28.9. The average Bonchev–Trinajstić information content (AvgIpc) is 3.12. The van der Waals surface area contributed by atoms with Crippen LogP contribution in [0.4, 0.5) is 14.5 Å². The fraction of sp³-hybridized carbons (Fsp3) is 0.400. The third kappa shape index (κ3) is 5.18. The van der Waals surface area contributed by atoms with Crippen molar-refractivity contribution in [3.05, 3.63) is 53.9 Å². The van der Waals surface area contributed by atoms with Crippen molar-refractivity contribution in [2.45, 2.75) is 6.04 Å². The molecule has 2 aromatic rings. The summed E-state index contributed by atoms with van der Waals surface area (Å²) >= 11 is 0. The first-order valence-electron chi connectivity index (χ1n) is 9.43. The van der Waals surface area contributed by atoms with E-state index < -0.39 is 23.4 Å². The van der Waals surface area contributed by atoms with Crippen molar-refractivity contribution in [1.29, 1.82) is 0 Å². The number of aromatic nitrogens is 1.